The number of amides is 2. The van der Waals surface area contributed by atoms with Gasteiger partial charge < -0.3 is 23.3 Å². The van der Waals surface area contributed by atoms with E-state index in [0.29, 0.717) is 45.4 Å². The van der Waals surface area contributed by atoms with Crippen LogP contribution in [0.25, 0.3) is 22.1 Å². The lowest BCUT2D eigenvalue weighted by Crippen LogP contribution is -2.34. The van der Waals surface area contributed by atoms with Crippen molar-refractivity contribution in [1.29, 1.82) is 0 Å². The van der Waals surface area contributed by atoms with Crippen molar-refractivity contribution in [2.45, 2.75) is 39.9 Å². The smallest absolute Gasteiger partial charge is 0.307 e. The van der Waals surface area contributed by atoms with Crippen molar-refractivity contribution < 1.29 is 33.4 Å². The quantitative estimate of drug-likeness (QED) is 0.120. The molecule has 4 heterocycles. The molecule has 15 heteroatoms. The molecule has 0 spiro atoms. The average molecular weight is 747 g/mol. The van der Waals surface area contributed by atoms with E-state index in [0.717, 1.165) is 11.0 Å². The van der Waals surface area contributed by atoms with Crippen LogP contribution in [0.5, 0.6) is 0 Å². The normalized spacial score (nSPS) is 11.1. The van der Waals surface area contributed by atoms with Crippen LogP contribution in [0.2, 0.25) is 0 Å². The van der Waals surface area contributed by atoms with Gasteiger partial charge in [-0.1, -0.05) is 12.1 Å². The number of rotatable bonds is 16. The molecule has 0 radical (unpaired) electrons. The summed E-state index contributed by atoms with van der Waals surface area (Å²) in [5.41, 5.74) is 3.64. The van der Waals surface area contributed by atoms with Gasteiger partial charge in [0.05, 0.1) is 48.1 Å². The van der Waals surface area contributed by atoms with Crippen molar-refractivity contribution in [3.63, 3.8) is 0 Å². The van der Waals surface area contributed by atoms with Crippen molar-refractivity contribution in [2.24, 2.45) is 14.1 Å². The Morgan fingerprint density at radius 2 is 1.05 bits per heavy atom. The van der Waals surface area contributed by atoms with Crippen molar-refractivity contribution >= 4 is 57.5 Å². The lowest BCUT2D eigenvalue weighted by molar-refractivity contribution is -0.143. The Balaban J connectivity index is 1.15. The van der Waals surface area contributed by atoms with Gasteiger partial charge in [0.1, 0.15) is 36.5 Å². The molecule has 0 bridgehead atoms. The lowest BCUT2D eigenvalue weighted by Gasteiger charge is -2.21. The highest BCUT2D eigenvalue weighted by Gasteiger charge is 2.23. The number of aromatic nitrogens is 6. The minimum Gasteiger partial charge on any atom is -0.466 e. The molecule has 4 aromatic heterocycles. The molecule has 0 saturated heterocycles. The molecule has 6 rings (SSSR count). The van der Waals surface area contributed by atoms with E-state index >= 15 is 0 Å². The van der Waals surface area contributed by atoms with Gasteiger partial charge in [0.15, 0.2) is 0 Å². The number of aryl methyl sites for hydroxylation is 2. The van der Waals surface area contributed by atoms with Crippen LogP contribution in [0.4, 0.5) is 11.6 Å². The molecule has 0 aliphatic rings. The maximum atomic E-state index is 13.7. The van der Waals surface area contributed by atoms with E-state index in [1.54, 1.807) is 86.9 Å². The molecule has 0 aliphatic heterocycles. The predicted molar refractivity (Wildman–Crippen MR) is 204 cm³/mol. The number of benzene rings is 2. The number of carbonyl (C=O) groups is 4. The van der Waals surface area contributed by atoms with Crippen LogP contribution in [0.3, 0.4) is 0 Å². The number of carbonyl (C=O) groups excluding carboxylic acids is 4. The van der Waals surface area contributed by atoms with E-state index in [9.17, 15) is 19.2 Å². The van der Waals surface area contributed by atoms with E-state index in [2.05, 4.69) is 9.97 Å². The zero-order valence-electron chi connectivity index (χ0n) is 31.2. The summed E-state index contributed by atoms with van der Waals surface area (Å²) < 4.78 is 20.1. The molecule has 0 saturated carbocycles. The molecular formula is C40H42N8O7. The SMILES string of the molecule is CCOC(=O)CCN(C(=O)c1ccc2c(c1)nc(COCc1nc3cc(C(=O)N(CCC(=O)OCC)c4ccccn4)ccc3n1C)n2C)c1ccccn1. The van der Waals surface area contributed by atoms with Crippen molar-refractivity contribution in [3.05, 3.63) is 108 Å². The van der Waals surface area contributed by atoms with E-state index < -0.39 is 11.9 Å². The van der Waals surface area contributed by atoms with E-state index in [1.807, 2.05) is 35.4 Å². The highest BCUT2D eigenvalue weighted by Crippen LogP contribution is 2.23. The molecule has 0 N–H and O–H groups in total. The number of ether oxygens (including phenoxy) is 3. The first kappa shape index (κ1) is 38.3. The molecule has 0 aliphatic carbocycles. The van der Waals surface area contributed by atoms with Crippen LogP contribution in [-0.2, 0) is 51.1 Å². The third-order valence-electron chi connectivity index (χ3n) is 8.93. The minimum atomic E-state index is -0.396. The monoisotopic (exact) mass is 746 g/mol. The van der Waals surface area contributed by atoms with E-state index in [1.165, 1.54) is 9.80 Å². The number of imidazole rings is 2. The third kappa shape index (κ3) is 8.84. The van der Waals surface area contributed by atoms with Crippen LogP contribution < -0.4 is 9.80 Å². The van der Waals surface area contributed by atoms with Crippen LogP contribution in [0, 0.1) is 0 Å². The average Bonchev–Trinajstić information content (AvgIpc) is 3.69. The number of nitrogens with zero attached hydrogens (tertiary/aromatic N) is 8. The Labute approximate surface area is 317 Å². The van der Waals surface area contributed by atoms with Gasteiger partial charge in [0.2, 0.25) is 0 Å². The zero-order chi connectivity index (χ0) is 38.9. The van der Waals surface area contributed by atoms with Gasteiger partial charge in [-0.15, -0.1) is 0 Å². The summed E-state index contributed by atoms with van der Waals surface area (Å²) in [7, 11) is 3.76. The largest absolute Gasteiger partial charge is 0.466 e. The predicted octanol–water partition coefficient (Wildman–Crippen LogP) is 5.17. The standard InChI is InChI=1S/C40H42N8O7/c1-5-54-37(49)17-21-47(33-11-7-9-19-41-33)39(51)27-13-15-31-29(23-27)43-35(45(31)3)25-53-26-36-44-30-24-28(14-16-32(30)46(36)4)40(52)48(22-18-38(50)55-6-2)34-12-8-10-20-42-34/h7-16,19-20,23-24H,5-6,17-18,21-22,25-26H2,1-4H3. The Morgan fingerprint density at radius 1 is 0.618 bits per heavy atom. The van der Waals surface area contributed by atoms with Crippen LogP contribution in [0.1, 0.15) is 59.1 Å². The topological polar surface area (TPSA) is 164 Å². The number of esters is 2. The van der Waals surface area contributed by atoms with Crippen LogP contribution >= 0.6 is 0 Å². The summed E-state index contributed by atoms with van der Waals surface area (Å²) in [6.07, 6.45) is 3.24. The second-order valence-corrected chi connectivity index (χ2v) is 12.5. The van der Waals surface area contributed by atoms with Gasteiger partial charge in [-0.2, -0.15) is 0 Å². The molecule has 284 valence electrons. The van der Waals surface area contributed by atoms with Gasteiger partial charge in [-0.3, -0.25) is 29.0 Å². The molecule has 55 heavy (non-hydrogen) atoms. The molecular weight excluding hydrogens is 704 g/mol. The van der Waals surface area contributed by atoms with E-state index in [4.69, 9.17) is 24.2 Å². The molecule has 6 aromatic rings. The number of anilines is 2. The summed E-state index contributed by atoms with van der Waals surface area (Å²) in [5.74, 6) is 0.713. The Bertz CT molecular complexity index is 2150. The van der Waals surface area contributed by atoms with Crippen molar-refractivity contribution in [3.8, 4) is 0 Å². The van der Waals surface area contributed by atoms with Gasteiger partial charge in [-0.05, 0) is 74.5 Å². The summed E-state index contributed by atoms with van der Waals surface area (Å²) >= 11 is 0. The van der Waals surface area contributed by atoms with Gasteiger partial charge in [-0.25, -0.2) is 19.9 Å². The first-order valence-corrected chi connectivity index (χ1v) is 17.9. The summed E-state index contributed by atoms with van der Waals surface area (Å²) in [4.78, 5) is 72.8. The molecule has 15 nitrogen and oxygen atoms in total. The minimum absolute atomic E-state index is 0.0253. The summed E-state index contributed by atoms with van der Waals surface area (Å²) in [5, 5.41) is 0. The van der Waals surface area contributed by atoms with Gasteiger partial charge >= 0.3 is 11.9 Å². The molecule has 0 fully saturated rings. The fraction of sp³-hybridized carbons (Fsp3) is 0.300. The van der Waals surface area contributed by atoms with Gasteiger partial charge in [0, 0.05) is 50.7 Å². The molecule has 0 atom stereocenters. The third-order valence-corrected chi connectivity index (χ3v) is 8.93. The number of fused-ring (bicyclic) bond motifs is 2. The first-order chi connectivity index (χ1) is 26.7. The van der Waals surface area contributed by atoms with Crippen molar-refractivity contribution in [2.75, 3.05) is 36.1 Å². The van der Waals surface area contributed by atoms with Gasteiger partial charge in [0.25, 0.3) is 11.8 Å². The number of pyridine rings is 2. The highest BCUT2D eigenvalue weighted by atomic mass is 16.5. The van der Waals surface area contributed by atoms with Crippen molar-refractivity contribution in [1.82, 2.24) is 29.1 Å². The van der Waals surface area contributed by atoms with Crippen LogP contribution in [-0.4, -0.2) is 79.1 Å². The molecule has 2 aromatic carbocycles. The van der Waals surface area contributed by atoms with E-state index in [-0.39, 0.29) is 64.2 Å². The second kappa shape index (κ2) is 17.6. The Kier molecular flexibility index (Phi) is 12.2. The highest BCUT2D eigenvalue weighted by molar-refractivity contribution is 6.08. The lowest BCUT2D eigenvalue weighted by atomic mass is 10.1. The number of hydrogen-bond acceptors (Lipinski definition) is 11. The summed E-state index contributed by atoms with van der Waals surface area (Å²) in [6.45, 7) is 4.54. The fourth-order valence-corrected chi connectivity index (χ4v) is 6.11. The first-order valence-electron chi connectivity index (χ1n) is 17.9. The maximum absolute atomic E-state index is 13.7. The van der Waals surface area contributed by atoms with Crippen LogP contribution in [0.15, 0.2) is 85.2 Å². The second-order valence-electron chi connectivity index (χ2n) is 12.5. The fourth-order valence-electron chi connectivity index (χ4n) is 6.11. The Morgan fingerprint density at radius 3 is 1.44 bits per heavy atom. The zero-order valence-corrected chi connectivity index (χ0v) is 31.2. The number of hydrogen-bond donors (Lipinski definition) is 0. The summed E-state index contributed by atoms with van der Waals surface area (Å²) in [6, 6.07) is 21.1. The molecule has 0 unspecified atom stereocenters. The Hall–Kier alpha value is -6.48. The molecule has 2 amide bonds. The maximum Gasteiger partial charge on any atom is 0.307 e.